The third-order valence-corrected chi connectivity index (χ3v) is 4.22. The molecule has 0 aromatic carbocycles. The van der Waals surface area contributed by atoms with Crippen LogP contribution in [0, 0.1) is 0 Å². The first-order chi connectivity index (χ1) is 11.7. The quantitative estimate of drug-likeness (QED) is 0.747. The van der Waals surface area contributed by atoms with Crippen molar-refractivity contribution in [3.8, 4) is 5.88 Å². The Balaban J connectivity index is 1.61. The molecule has 0 radical (unpaired) electrons. The van der Waals surface area contributed by atoms with Crippen molar-refractivity contribution in [2.75, 3.05) is 56.8 Å². The zero-order valence-electron chi connectivity index (χ0n) is 13.8. The van der Waals surface area contributed by atoms with Gasteiger partial charge in [0.25, 0.3) is 0 Å². The summed E-state index contributed by atoms with van der Waals surface area (Å²) in [6, 6.07) is 1.82. The van der Waals surface area contributed by atoms with Crippen molar-refractivity contribution in [3.63, 3.8) is 0 Å². The number of thiocarbonyl (C=S) groups is 1. The number of anilines is 2. The van der Waals surface area contributed by atoms with Crippen molar-refractivity contribution in [2.24, 2.45) is 0 Å². The van der Waals surface area contributed by atoms with Crippen LogP contribution in [0.3, 0.4) is 0 Å². The lowest BCUT2D eigenvalue weighted by molar-refractivity contribution is 0.114. The molecular weight excluding hydrogens is 330 g/mol. The van der Waals surface area contributed by atoms with Gasteiger partial charge in [-0.15, -0.1) is 0 Å². The van der Waals surface area contributed by atoms with E-state index in [4.69, 9.17) is 26.4 Å². The van der Waals surface area contributed by atoms with E-state index in [2.05, 4.69) is 25.5 Å². The first-order valence-electron chi connectivity index (χ1n) is 8.17. The Bertz CT molecular complexity index is 562. The van der Waals surface area contributed by atoms with Crippen molar-refractivity contribution in [1.82, 2.24) is 15.3 Å². The van der Waals surface area contributed by atoms with Crippen LogP contribution < -0.4 is 20.3 Å². The van der Waals surface area contributed by atoms with Crippen molar-refractivity contribution in [2.45, 2.75) is 18.9 Å². The number of nitrogens with zero attached hydrogens (tertiary/aromatic N) is 3. The second-order valence-corrected chi connectivity index (χ2v) is 6.07. The molecule has 132 valence electrons. The summed E-state index contributed by atoms with van der Waals surface area (Å²) in [5.41, 5.74) is 0. The SMILES string of the molecule is COc1cc(N2CCOCC2)nc(NC(=S)NC[C@@H]2CCCO2)n1. The van der Waals surface area contributed by atoms with Crippen molar-refractivity contribution < 1.29 is 14.2 Å². The normalized spacial score (nSPS) is 20.7. The van der Waals surface area contributed by atoms with Gasteiger partial charge >= 0.3 is 0 Å². The summed E-state index contributed by atoms with van der Waals surface area (Å²) in [6.07, 6.45) is 2.39. The second kappa shape index (κ2) is 8.41. The van der Waals surface area contributed by atoms with Gasteiger partial charge in [0.15, 0.2) is 5.11 Å². The lowest BCUT2D eigenvalue weighted by Crippen LogP contribution is -2.37. The molecule has 0 saturated carbocycles. The number of methoxy groups -OCH3 is 1. The standard InChI is InChI=1S/C15H23N5O3S/c1-21-13-9-12(20-4-7-22-8-5-20)17-14(18-13)19-15(24)16-10-11-3-2-6-23-11/h9,11H,2-8,10H2,1H3,(H2,16,17,18,19,24)/t11-/m0/s1. The largest absolute Gasteiger partial charge is 0.481 e. The van der Waals surface area contributed by atoms with Crippen molar-refractivity contribution in [1.29, 1.82) is 0 Å². The lowest BCUT2D eigenvalue weighted by Gasteiger charge is -2.28. The van der Waals surface area contributed by atoms with Crippen LogP contribution in [0.4, 0.5) is 11.8 Å². The van der Waals surface area contributed by atoms with Crippen LogP contribution >= 0.6 is 12.2 Å². The van der Waals surface area contributed by atoms with Crippen LogP contribution in [0.1, 0.15) is 12.8 Å². The van der Waals surface area contributed by atoms with E-state index in [9.17, 15) is 0 Å². The van der Waals surface area contributed by atoms with Crippen LogP contribution in [-0.2, 0) is 9.47 Å². The molecular formula is C15H23N5O3S. The maximum absolute atomic E-state index is 5.57. The number of ether oxygens (including phenoxy) is 3. The lowest BCUT2D eigenvalue weighted by atomic mass is 10.2. The number of hydrogen-bond donors (Lipinski definition) is 2. The minimum atomic E-state index is 0.222. The first kappa shape index (κ1) is 17.1. The van der Waals surface area contributed by atoms with Gasteiger partial charge in [-0.2, -0.15) is 9.97 Å². The molecule has 2 fully saturated rings. The van der Waals surface area contributed by atoms with Crippen molar-refractivity contribution in [3.05, 3.63) is 6.07 Å². The fraction of sp³-hybridized carbons (Fsp3) is 0.667. The Morgan fingerprint density at radius 1 is 1.38 bits per heavy atom. The number of nitrogens with one attached hydrogen (secondary N) is 2. The molecule has 9 heteroatoms. The predicted molar refractivity (Wildman–Crippen MR) is 94.8 cm³/mol. The van der Waals surface area contributed by atoms with Gasteiger partial charge in [0.2, 0.25) is 11.8 Å². The molecule has 2 aliphatic rings. The van der Waals surface area contributed by atoms with E-state index in [0.29, 0.717) is 36.7 Å². The Kier molecular flexibility index (Phi) is 6.00. The Labute approximate surface area is 146 Å². The number of rotatable bonds is 5. The molecule has 1 atom stereocenters. The maximum Gasteiger partial charge on any atom is 0.234 e. The van der Waals surface area contributed by atoms with E-state index < -0.39 is 0 Å². The van der Waals surface area contributed by atoms with Crippen LogP contribution in [0.15, 0.2) is 6.07 Å². The molecule has 0 unspecified atom stereocenters. The fourth-order valence-corrected chi connectivity index (χ4v) is 2.86. The first-order valence-corrected chi connectivity index (χ1v) is 8.57. The van der Waals surface area contributed by atoms with Gasteiger partial charge in [0.1, 0.15) is 5.82 Å². The summed E-state index contributed by atoms with van der Waals surface area (Å²) in [7, 11) is 1.59. The Morgan fingerprint density at radius 2 is 2.21 bits per heavy atom. The van der Waals surface area contributed by atoms with Gasteiger partial charge in [-0.05, 0) is 25.1 Å². The van der Waals surface area contributed by atoms with Crippen LogP contribution in [0.2, 0.25) is 0 Å². The van der Waals surface area contributed by atoms with E-state index in [1.807, 2.05) is 6.07 Å². The average molecular weight is 353 g/mol. The summed E-state index contributed by atoms with van der Waals surface area (Å²) >= 11 is 5.32. The smallest absolute Gasteiger partial charge is 0.234 e. The zero-order valence-corrected chi connectivity index (χ0v) is 14.6. The summed E-state index contributed by atoms with van der Waals surface area (Å²) < 4.78 is 16.2. The minimum absolute atomic E-state index is 0.222. The minimum Gasteiger partial charge on any atom is -0.481 e. The highest BCUT2D eigenvalue weighted by atomic mass is 32.1. The van der Waals surface area contributed by atoms with Crippen molar-refractivity contribution >= 4 is 29.1 Å². The summed E-state index contributed by atoms with van der Waals surface area (Å²) in [5, 5.41) is 6.65. The van der Waals surface area contributed by atoms with Gasteiger partial charge in [0.05, 0.1) is 26.4 Å². The molecule has 2 N–H and O–H groups in total. The molecule has 8 nitrogen and oxygen atoms in total. The molecule has 1 aromatic heterocycles. The van der Waals surface area contributed by atoms with Gasteiger partial charge in [0, 0.05) is 32.3 Å². The fourth-order valence-electron chi connectivity index (χ4n) is 2.69. The highest BCUT2D eigenvalue weighted by Gasteiger charge is 2.17. The summed E-state index contributed by atoms with van der Waals surface area (Å²) in [4.78, 5) is 11.0. The van der Waals surface area contributed by atoms with Gasteiger partial charge in [-0.1, -0.05) is 0 Å². The van der Waals surface area contributed by atoms with Crippen LogP contribution in [-0.4, -0.2) is 67.7 Å². The van der Waals surface area contributed by atoms with Crippen LogP contribution in [0.5, 0.6) is 5.88 Å². The third kappa shape index (κ3) is 4.65. The molecule has 1 aromatic rings. The van der Waals surface area contributed by atoms with E-state index >= 15 is 0 Å². The van der Waals surface area contributed by atoms with Crippen LogP contribution in [0.25, 0.3) is 0 Å². The van der Waals surface area contributed by atoms with Gasteiger partial charge in [-0.25, -0.2) is 0 Å². The molecule has 0 bridgehead atoms. The van der Waals surface area contributed by atoms with E-state index in [-0.39, 0.29) is 6.10 Å². The summed E-state index contributed by atoms with van der Waals surface area (Å²) in [6.45, 7) is 4.48. The molecule has 0 spiro atoms. The number of aromatic nitrogens is 2. The molecule has 3 heterocycles. The monoisotopic (exact) mass is 353 g/mol. The van der Waals surface area contributed by atoms with Gasteiger partial charge < -0.3 is 29.7 Å². The predicted octanol–water partition coefficient (Wildman–Crippen LogP) is 0.787. The third-order valence-electron chi connectivity index (χ3n) is 3.97. The number of morpholine rings is 1. The van der Waals surface area contributed by atoms with E-state index in [0.717, 1.165) is 38.4 Å². The second-order valence-electron chi connectivity index (χ2n) is 5.66. The van der Waals surface area contributed by atoms with E-state index in [1.165, 1.54) is 0 Å². The highest BCUT2D eigenvalue weighted by Crippen LogP contribution is 2.20. The maximum atomic E-state index is 5.57. The molecule has 2 saturated heterocycles. The summed E-state index contributed by atoms with van der Waals surface area (Å²) in [5.74, 6) is 1.71. The molecule has 0 amide bonds. The zero-order chi connectivity index (χ0) is 16.8. The molecule has 0 aliphatic carbocycles. The molecule has 3 rings (SSSR count). The Hall–Kier alpha value is -1.71. The highest BCUT2D eigenvalue weighted by molar-refractivity contribution is 7.80. The number of hydrogen-bond acceptors (Lipinski definition) is 7. The topological polar surface area (TPSA) is 80.8 Å². The molecule has 2 aliphatic heterocycles. The molecule has 24 heavy (non-hydrogen) atoms. The average Bonchev–Trinajstić information content (AvgIpc) is 3.14. The van der Waals surface area contributed by atoms with E-state index in [1.54, 1.807) is 7.11 Å². The van der Waals surface area contributed by atoms with Gasteiger partial charge in [-0.3, -0.25) is 0 Å². The Morgan fingerprint density at radius 3 is 2.92 bits per heavy atom.